The van der Waals surface area contributed by atoms with Gasteiger partial charge in [-0.05, 0) is 24.4 Å². The van der Waals surface area contributed by atoms with E-state index in [0.717, 1.165) is 25.6 Å². The Morgan fingerprint density at radius 1 is 1.23 bits per heavy atom. The van der Waals surface area contributed by atoms with Crippen LogP contribution >= 0.6 is 0 Å². The van der Waals surface area contributed by atoms with E-state index >= 15 is 0 Å². The monoisotopic (exact) mass is 186 g/mol. The molecule has 0 aliphatic carbocycles. The minimum Gasteiger partial charge on any atom is -0.330 e. The molecule has 0 heterocycles. The maximum absolute atomic E-state index is 5.65. The van der Waals surface area contributed by atoms with Gasteiger partial charge >= 0.3 is 0 Å². The highest BCUT2D eigenvalue weighted by molar-refractivity contribution is 4.72. The van der Waals surface area contributed by atoms with Crippen LogP contribution in [0.1, 0.15) is 40.5 Å². The largest absolute Gasteiger partial charge is 0.330 e. The van der Waals surface area contributed by atoms with Crippen molar-refractivity contribution in [1.29, 1.82) is 0 Å². The lowest BCUT2D eigenvalue weighted by molar-refractivity contribution is 0.331. The lowest BCUT2D eigenvalue weighted by Gasteiger charge is -2.24. The second-order valence-electron chi connectivity index (χ2n) is 4.68. The summed E-state index contributed by atoms with van der Waals surface area (Å²) in [6.07, 6.45) is 2.54. The minimum atomic E-state index is 0.242. The Morgan fingerprint density at radius 3 is 2.15 bits per heavy atom. The standard InChI is InChI=1S/C11H26N2/c1-5-10(6-2)7-13-9-11(3,4)8-12/h10,13H,5-9,12H2,1-4H3. The van der Waals surface area contributed by atoms with Gasteiger partial charge < -0.3 is 11.1 Å². The molecule has 0 aromatic heterocycles. The summed E-state index contributed by atoms with van der Waals surface area (Å²) in [5.41, 5.74) is 5.89. The first-order valence-electron chi connectivity index (χ1n) is 5.46. The highest BCUT2D eigenvalue weighted by Gasteiger charge is 2.15. The molecule has 0 spiro atoms. The molecule has 0 radical (unpaired) electrons. The molecule has 3 N–H and O–H groups in total. The molecule has 0 amide bonds. The van der Waals surface area contributed by atoms with Gasteiger partial charge in [-0.1, -0.05) is 40.5 Å². The summed E-state index contributed by atoms with van der Waals surface area (Å²) in [5, 5.41) is 3.50. The fourth-order valence-corrected chi connectivity index (χ4v) is 1.26. The van der Waals surface area contributed by atoms with Crippen LogP contribution in [-0.2, 0) is 0 Å². The Labute approximate surface area is 83.3 Å². The van der Waals surface area contributed by atoms with Gasteiger partial charge in [0.05, 0.1) is 0 Å². The van der Waals surface area contributed by atoms with Crippen molar-refractivity contribution < 1.29 is 0 Å². The Hall–Kier alpha value is -0.0800. The van der Waals surface area contributed by atoms with Crippen molar-refractivity contribution in [2.24, 2.45) is 17.1 Å². The van der Waals surface area contributed by atoms with Gasteiger partial charge in [0.15, 0.2) is 0 Å². The van der Waals surface area contributed by atoms with E-state index < -0.39 is 0 Å². The maximum Gasteiger partial charge on any atom is 0.00147 e. The van der Waals surface area contributed by atoms with Crippen LogP contribution in [0.4, 0.5) is 0 Å². The van der Waals surface area contributed by atoms with E-state index in [9.17, 15) is 0 Å². The van der Waals surface area contributed by atoms with E-state index in [1.807, 2.05) is 0 Å². The third-order valence-electron chi connectivity index (χ3n) is 2.74. The smallest absolute Gasteiger partial charge is 0.00147 e. The van der Waals surface area contributed by atoms with E-state index in [1.165, 1.54) is 12.8 Å². The molecule has 80 valence electrons. The molecule has 0 aromatic rings. The SMILES string of the molecule is CCC(CC)CNCC(C)(C)CN. The van der Waals surface area contributed by atoms with Gasteiger partial charge in [-0.25, -0.2) is 0 Å². The summed E-state index contributed by atoms with van der Waals surface area (Å²) in [7, 11) is 0. The highest BCUT2D eigenvalue weighted by atomic mass is 14.9. The number of hydrogen-bond acceptors (Lipinski definition) is 2. The van der Waals surface area contributed by atoms with Gasteiger partial charge in [0, 0.05) is 6.54 Å². The third kappa shape index (κ3) is 6.05. The quantitative estimate of drug-likeness (QED) is 0.638. The molecular formula is C11H26N2. The Balaban J connectivity index is 3.54. The molecule has 0 rings (SSSR count). The Kier molecular flexibility index (Phi) is 6.35. The molecule has 0 fully saturated rings. The predicted molar refractivity (Wildman–Crippen MR) is 59.8 cm³/mol. The lowest BCUT2D eigenvalue weighted by Crippen LogP contribution is -2.37. The van der Waals surface area contributed by atoms with Crippen molar-refractivity contribution in [3.05, 3.63) is 0 Å². The van der Waals surface area contributed by atoms with Crippen LogP contribution in [0.2, 0.25) is 0 Å². The molecule has 0 saturated carbocycles. The molecule has 2 nitrogen and oxygen atoms in total. The van der Waals surface area contributed by atoms with Gasteiger partial charge in [-0.3, -0.25) is 0 Å². The molecule has 0 unspecified atom stereocenters. The summed E-state index contributed by atoms with van der Waals surface area (Å²) in [5.74, 6) is 0.827. The van der Waals surface area contributed by atoms with Crippen molar-refractivity contribution in [3.8, 4) is 0 Å². The summed E-state index contributed by atoms with van der Waals surface area (Å²) in [6, 6.07) is 0. The maximum atomic E-state index is 5.65. The first kappa shape index (κ1) is 12.9. The first-order chi connectivity index (χ1) is 6.05. The molecule has 0 aliphatic rings. The second-order valence-corrected chi connectivity index (χ2v) is 4.68. The number of rotatable bonds is 7. The van der Waals surface area contributed by atoms with Crippen molar-refractivity contribution in [2.45, 2.75) is 40.5 Å². The summed E-state index contributed by atoms with van der Waals surface area (Å²) >= 11 is 0. The van der Waals surface area contributed by atoms with Gasteiger partial charge in [0.25, 0.3) is 0 Å². The summed E-state index contributed by atoms with van der Waals surface area (Å²) in [6.45, 7) is 11.8. The second kappa shape index (κ2) is 6.39. The van der Waals surface area contributed by atoms with E-state index in [4.69, 9.17) is 5.73 Å². The van der Waals surface area contributed by atoms with E-state index in [-0.39, 0.29) is 5.41 Å². The van der Waals surface area contributed by atoms with Gasteiger partial charge in [0.2, 0.25) is 0 Å². The molecule has 0 aliphatic heterocycles. The zero-order chi connectivity index (χ0) is 10.3. The lowest BCUT2D eigenvalue weighted by atomic mass is 9.93. The fourth-order valence-electron chi connectivity index (χ4n) is 1.26. The average Bonchev–Trinajstić information content (AvgIpc) is 2.12. The van der Waals surface area contributed by atoms with E-state index in [2.05, 4.69) is 33.0 Å². The van der Waals surface area contributed by atoms with Crippen LogP contribution in [0.5, 0.6) is 0 Å². The van der Waals surface area contributed by atoms with Gasteiger partial charge in [0.1, 0.15) is 0 Å². The van der Waals surface area contributed by atoms with Gasteiger partial charge in [-0.15, -0.1) is 0 Å². The van der Waals surface area contributed by atoms with E-state index in [0.29, 0.717) is 0 Å². The van der Waals surface area contributed by atoms with Gasteiger partial charge in [-0.2, -0.15) is 0 Å². The zero-order valence-corrected chi connectivity index (χ0v) is 9.69. The van der Waals surface area contributed by atoms with Crippen LogP contribution in [0.25, 0.3) is 0 Å². The Bertz CT molecular complexity index is 117. The van der Waals surface area contributed by atoms with Crippen molar-refractivity contribution >= 4 is 0 Å². The Morgan fingerprint density at radius 2 is 1.77 bits per heavy atom. The van der Waals surface area contributed by atoms with Crippen molar-refractivity contribution in [3.63, 3.8) is 0 Å². The van der Waals surface area contributed by atoms with Crippen molar-refractivity contribution in [2.75, 3.05) is 19.6 Å². The average molecular weight is 186 g/mol. The highest BCUT2D eigenvalue weighted by Crippen LogP contribution is 2.11. The fraction of sp³-hybridized carbons (Fsp3) is 1.00. The normalized spacial score (nSPS) is 12.5. The number of hydrogen-bond donors (Lipinski definition) is 2. The predicted octanol–water partition coefficient (Wildman–Crippen LogP) is 2.00. The van der Waals surface area contributed by atoms with Crippen LogP contribution in [0, 0.1) is 11.3 Å². The molecular weight excluding hydrogens is 160 g/mol. The van der Waals surface area contributed by atoms with Crippen LogP contribution < -0.4 is 11.1 Å². The zero-order valence-electron chi connectivity index (χ0n) is 9.69. The molecule has 2 heteroatoms. The van der Waals surface area contributed by atoms with Crippen molar-refractivity contribution in [1.82, 2.24) is 5.32 Å². The molecule has 0 bridgehead atoms. The minimum absolute atomic E-state index is 0.242. The molecule has 0 saturated heterocycles. The first-order valence-corrected chi connectivity index (χ1v) is 5.46. The summed E-state index contributed by atoms with van der Waals surface area (Å²) in [4.78, 5) is 0. The number of nitrogens with two attached hydrogens (primary N) is 1. The third-order valence-corrected chi connectivity index (χ3v) is 2.74. The van der Waals surface area contributed by atoms with E-state index in [1.54, 1.807) is 0 Å². The van der Waals surface area contributed by atoms with Crippen LogP contribution in [0.15, 0.2) is 0 Å². The molecule has 13 heavy (non-hydrogen) atoms. The number of nitrogens with one attached hydrogen (secondary N) is 1. The van der Waals surface area contributed by atoms with Crippen LogP contribution in [0.3, 0.4) is 0 Å². The summed E-state index contributed by atoms with van der Waals surface area (Å²) < 4.78 is 0. The topological polar surface area (TPSA) is 38.0 Å². The molecule has 0 aromatic carbocycles. The van der Waals surface area contributed by atoms with Crippen LogP contribution in [-0.4, -0.2) is 19.6 Å². The molecule has 0 atom stereocenters.